The number of unbranched alkanes of at least 4 members (excludes halogenated alkanes) is 1. The highest BCUT2D eigenvalue weighted by Gasteiger charge is 2.82. The van der Waals surface area contributed by atoms with E-state index < -0.39 is 22.6 Å². The summed E-state index contributed by atoms with van der Waals surface area (Å²) in [4.78, 5) is 45.6. The van der Waals surface area contributed by atoms with E-state index in [0.29, 0.717) is 17.1 Å². The SMILES string of the molecule is CC(=O)c1nc(C[C@@]2(C(N)=O)[C@H]3C=C[C@H](C34CC4)[C@@]2(CCCCN2CCCC2)C(N)=O)cs1. The minimum Gasteiger partial charge on any atom is -0.369 e. The first-order valence-corrected chi connectivity index (χ1v) is 13.1. The van der Waals surface area contributed by atoms with Gasteiger partial charge in [-0.05, 0) is 75.4 Å². The number of Topliss-reactive ketones (excluding diaryl/α,β-unsaturated/α-hetero) is 1. The zero-order valence-electron chi connectivity index (χ0n) is 19.3. The highest BCUT2D eigenvalue weighted by Crippen LogP contribution is 2.81. The van der Waals surface area contributed by atoms with Crippen molar-refractivity contribution in [1.82, 2.24) is 9.88 Å². The monoisotopic (exact) mass is 470 g/mol. The Balaban J connectivity index is 1.50. The van der Waals surface area contributed by atoms with Crippen molar-refractivity contribution in [1.29, 1.82) is 0 Å². The van der Waals surface area contributed by atoms with Gasteiger partial charge in [0.05, 0.1) is 16.5 Å². The first-order valence-electron chi connectivity index (χ1n) is 12.2. The van der Waals surface area contributed by atoms with Gasteiger partial charge in [-0.1, -0.05) is 18.6 Å². The molecule has 0 unspecified atom stereocenters. The summed E-state index contributed by atoms with van der Waals surface area (Å²) in [7, 11) is 0. The van der Waals surface area contributed by atoms with Crippen LogP contribution < -0.4 is 11.5 Å². The van der Waals surface area contributed by atoms with Gasteiger partial charge >= 0.3 is 0 Å². The molecule has 4 N–H and O–H groups in total. The molecule has 178 valence electrons. The molecule has 0 aromatic carbocycles. The Labute approximate surface area is 199 Å². The molecule has 5 rings (SSSR count). The van der Waals surface area contributed by atoms with Gasteiger partial charge in [0.25, 0.3) is 0 Å². The lowest BCUT2D eigenvalue weighted by molar-refractivity contribution is -0.151. The van der Waals surface area contributed by atoms with Crippen LogP contribution in [0.4, 0.5) is 0 Å². The standard InChI is InChI=1S/C25H34N4O3S/c1-16(30)20-28-17(15-33-20)14-25(22(27)32)19-7-6-18(23(19)9-10-23)24(25,21(26)31)8-2-3-11-29-12-4-5-13-29/h6-7,15,18-19H,2-5,8-14H2,1H3,(H2,26,31)(H2,27,32)/t18-,19+,24+,25+/m1/s1. The molecule has 3 aliphatic carbocycles. The van der Waals surface area contributed by atoms with Crippen LogP contribution in [0.2, 0.25) is 0 Å². The molecule has 8 heteroatoms. The van der Waals surface area contributed by atoms with E-state index >= 15 is 0 Å². The van der Waals surface area contributed by atoms with Crippen LogP contribution in [0.15, 0.2) is 17.5 Å². The molecule has 2 amide bonds. The van der Waals surface area contributed by atoms with Crippen molar-refractivity contribution < 1.29 is 14.4 Å². The molecule has 4 aliphatic rings. The number of likely N-dealkylation sites (tertiary alicyclic amines) is 1. The van der Waals surface area contributed by atoms with Gasteiger partial charge in [0.2, 0.25) is 11.8 Å². The molecule has 2 saturated carbocycles. The number of hydrogen-bond acceptors (Lipinski definition) is 6. The largest absolute Gasteiger partial charge is 0.369 e. The smallest absolute Gasteiger partial charge is 0.225 e. The summed E-state index contributed by atoms with van der Waals surface area (Å²) in [5.41, 5.74) is 10.9. The minimum absolute atomic E-state index is 0.0577. The van der Waals surface area contributed by atoms with Crippen molar-refractivity contribution in [3.63, 3.8) is 0 Å². The van der Waals surface area contributed by atoms with E-state index in [9.17, 15) is 14.4 Å². The fourth-order valence-corrected chi connectivity index (χ4v) is 8.33. The molecule has 3 fully saturated rings. The number of primary amides is 2. The third-order valence-corrected chi connectivity index (χ3v) is 10.1. The maximum Gasteiger partial charge on any atom is 0.225 e. The number of ketones is 1. The van der Waals surface area contributed by atoms with Crippen LogP contribution in [0.5, 0.6) is 0 Å². The van der Waals surface area contributed by atoms with Gasteiger partial charge in [-0.2, -0.15) is 0 Å². The number of thiazole rings is 1. The van der Waals surface area contributed by atoms with Crippen LogP contribution in [0.3, 0.4) is 0 Å². The minimum atomic E-state index is -1.11. The number of allylic oxidation sites excluding steroid dienone is 2. The van der Waals surface area contributed by atoms with Crippen LogP contribution in [-0.2, 0) is 16.0 Å². The van der Waals surface area contributed by atoms with Crippen molar-refractivity contribution in [3.05, 3.63) is 28.2 Å². The van der Waals surface area contributed by atoms with E-state index in [2.05, 4.69) is 22.0 Å². The van der Waals surface area contributed by atoms with E-state index in [-0.39, 0.29) is 29.5 Å². The van der Waals surface area contributed by atoms with E-state index in [1.807, 2.05) is 5.38 Å². The normalized spacial score (nSPS) is 33.7. The Morgan fingerprint density at radius 3 is 2.24 bits per heavy atom. The number of carbonyl (C=O) groups excluding carboxylic acids is 3. The molecule has 1 spiro atoms. The van der Waals surface area contributed by atoms with E-state index in [1.165, 1.54) is 31.1 Å². The predicted octanol–water partition coefficient (Wildman–Crippen LogP) is 2.69. The lowest BCUT2D eigenvalue weighted by Gasteiger charge is -2.47. The van der Waals surface area contributed by atoms with Gasteiger partial charge in [-0.3, -0.25) is 14.4 Å². The van der Waals surface area contributed by atoms with Crippen molar-refractivity contribution in [3.8, 4) is 0 Å². The fraction of sp³-hybridized carbons (Fsp3) is 0.680. The van der Waals surface area contributed by atoms with Crippen LogP contribution in [0, 0.1) is 28.1 Å². The molecule has 1 aromatic rings. The lowest BCUT2D eigenvalue weighted by Crippen LogP contribution is -2.60. The summed E-state index contributed by atoms with van der Waals surface area (Å²) in [5, 5.41) is 2.25. The van der Waals surface area contributed by atoms with Crippen molar-refractivity contribution >= 4 is 28.9 Å². The molecule has 2 heterocycles. The van der Waals surface area contributed by atoms with E-state index in [4.69, 9.17) is 11.5 Å². The Bertz CT molecular complexity index is 1010. The summed E-state index contributed by atoms with van der Waals surface area (Å²) >= 11 is 1.28. The third kappa shape index (κ3) is 3.16. The van der Waals surface area contributed by atoms with Gasteiger partial charge in [0.15, 0.2) is 10.8 Å². The lowest BCUT2D eigenvalue weighted by atomic mass is 9.53. The zero-order chi connectivity index (χ0) is 23.4. The fourth-order valence-electron chi connectivity index (χ4n) is 7.61. The molecule has 0 radical (unpaired) electrons. The summed E-state index contributed by atoms with van der Waals surface area (Å²) in [6, 6.07) is 0. The molecule has 1 aliphatic heterocycles. The first-order chi connectivity index (χ1) is 15.8. The summed E-state index contributed by atoms with van der Waals surface area (Å²) in [6.45, 7) is 4.79. The molecule has 33 heavy (non-hydrogen) atoms. The number of nitrogens with zero attached hydrogens (tertiary/aromatic N) is 2. The van der Waals surface area contributed by atoms with Crippen LogP contribution in [0.1, 0.15) is 67.4 Å². The van der Waals surface area contributed by atoms with E-state index in [0.717, 1.165) is 45.3 Å². The molecule has 2 bridgehead atoms. The van der Waals surface area contributed by atoms with Crippen LogP contribution in [-0.4, -0.2) is 47.1 Å². The number of rotatable bonds is 10. The van der Waals surface area contributed by atoms with Gasteiger partial charge < -0.3 is 16.4 Å². The van der Waals surface area contributed by atoms with Crippen LogP contribution >= 0.6 is 11.3 Å². The maximum atomic E-state index is 13.4. The number of carbonyl (C=O) groups is 3. The summed E-state index contributed by atoms with van der Waals surface area (Å²) in [5.74, 6) is -1.14. The van der Waals surface area contributed by atoms with Crippen molar-refractivity contribution in [2.24, 2.45) is 39.5 Å². The van der Waals surface area contributed by atoms with E-state index in [1.54, 1.807) is 0 Å². The highest BCUT2D eigenvalue weighted by molar-refractivity contribution is 7.11. The molecule has 7 nitrogen and oxygen atoms in total. The summed E-state index contributed by atoms with van der Waals surface area (Å²) in [6.07, 6.45) is 11.4. The average Bonchev–Trinajstić information content (AvgIpc) is 3.12. The second-order valence-corrected chi connectivity index (χ2v) is 11.5. The molecule has 1 saturated heterocycles. The molecule has 4 atom stereocenters. The Morgan fingerprint density at radius 1 is 1.06 bits per heavy atom. The molecule has 1 aromatic heterocycles. The van der Waals surface area contributed by atoms with Crippen molar-refractivity contribution in [2.45, 2.75) is 58.3 Å². The zero-order valence-corrected chi connectivity index (χ0v) is 20.2. The third-order valence-electron chi connectivity index (χ3n) is 9.11. The maximum absolute atomic E-state index is 13.4. The number of hydrogen-bond donors (Lipinski definition) is 2. The number of nitrogens with two attached hydrogens (primary N) is 2. The predicted molar refractivity (Wildman–Crippen MR) is 126 cm³/mol. The van der Waals surface area contributed by atoms with Gasteiger partial charge in [-0.25, -0.2) is 4.98 Å². The molecular weight excluding hydrogens is 436 g/mol. The summed E-state index contributed by atoms with van der Waals surface area (Å²) < 4.78 is 0. The second-order valence-electron chi connectivity index (χ2n) is 10.6. The number of aromatic nitrogens is 1. The quantitative estimate of drug-likeness (QED) is 0.309. The topological polar surface area (TPSA) is 119 Å². The Morgan fingerprint density at radius 2 is 1.70 bits per heavy atom. The average molecular weight is 471 g/mol. The van der Waals surface area contributed by atoms with Gasteiger partial charge in [0, 0.05) is 18.7 Å². The first kappa shape index (κ1) is 22.7. The number of amides is 2. The van der Waals surface area contributed by atoms with Crippen LogP contribution in [0.25, 0.3) is 0 Å². The highest BCUT2D eigenvalue weighted by atomic mass is 32.1. The van der Waals surface area contributed by atoms with Gasteiger partial charge in [0.1, 0.15) is 0 Å². The Kier molecular flexibility index (Phi) is 5.52. The Hall–Kier alpha value is -2.06. The second kappa shape index (κ2) is 8.01. The van der Waals surface area contributed by atoms with Gasteiger partial charge in [-0.15, -0.1) is 11.3 Å². The van der Waals surface area contributed by atoms with Crippen molar-refractivity contribution in [2.75, 3.05) is 19.6 Å². The molecular formula is C25H34N4O3S.